The third kappa shape index (κ3) is 10.5. The molecule has 0 aliphatic carbocycles. The summed E-state index contributed by atoms with van der Waals surface area (Å²) in [5.41, 5.74) is -2.79. The first-order valence-electron chi connectivity index (χ1n) is 16.7. The summed E-state index contributed by atoms with van der Waals surface area (Å²) in [6.07, 6.45) is -17.5. The number of ether oxygens (including phenoxy) is 9. The number of methoxy groups -OCH3 is 2. The molecule has 1 aromatic carbocycles. The molecule has 302 valence electrons. The molecule has 5 N–H and O–H groups in total. The van der Waals surface area contributed by atoms with Crippen LogP contribution < -0.4 is 14.8 Å². The molecule has 2 heterocycles. The molecule has 2 saturated heterocycles. The van der Waals surface area contributed by atoms with Gasteiger partial charge in [-0.2, -0.15) is 0 Å². The van der Waals surface area contributed by atoms with Crippen LogP contribution in [0.4, 0.5) is 0 Å². The van der Waals surface area contributed by atoms with Crippen LogP contribution in [-0.4, -0.2) is 150 Å². The van der Waals surface area contributed by atoms with Crippen molar-refractivity contribution < 1.29 is 91.8 Å². The van der Waals surface area contributed by atoms with E-state index in [9.17, 15) is 49.2 Å². The van der Waals surface area contributed by atoms with E-state index in [2.05, 4.69) is 5.32 Å². The van der Waals surface area contributed by atoms with Crippen LogP contribution in [0.3, 0.4) is 0 Å². The van der Waals surface area contributed by atoms with Crippen molar-refractivity contribution >= 4 is 35.8 Å². The second-order valence-corrected chi connectivity index (χ2v) is 12.6. The number of esters is 5. The van der Waals surface area contributed by atoms with Gasteiger partial charge in [-0.1, -0.05) is 0 Å². The molecule has 1 aromatic rings. The number of aliphatic hydroxyl groups is 4. The molecule has 0 radical (unpaired) electrons. The smallest absolute Gasteiger partial charge is 0.341 e. The number of hydrogen-bond acceptors (Lipinski definition) is 19. The van der Waals surface area contributed by atoms with E-state index in [1.165, 1.54) is 31.4 Å². The Kier molecular flexibility index (Phi) is 15.5. The van der Waals surface area contributed by atoms with E-state index < -0.39 is 128 Å². The zero-order valence-electron chi connectivity index (χ0n) is 30.7. The number of benzene rings is 1. The summed E-state index contributed by atoms with van der Waals surface area (Å²) < 4.78 is 49.4. The molecule has 0 unspecified atom stereocenters. The number of carbonyl (C=O) groups excluding carboxylic acids is 6. The van der Waals surface area contributed by atoms with Gasteiger partial charge in [0.05, 0.1) is 33.0 Å². The first-order chi connectivity index (χ1) is 25.4. The Morgan fingerprint density at radius 1 is 0.889 bits per heavy atom. The van der Waals surface area contributed by atoms with Gasteiger partial charge < -0.3 is 68.4 Å². The van der Waals surface area contributed by atoms with Gasteiger partial charge in [-0.05, 0) is 24.3 Å². The number of carbonyl (C=O) groups is 6. The Hall–Kier alpha value is -4.60. The van der Waals surface area contributed by atoms with Crippen molar-refractivity contribution in [2.45, 2.75) is 108 Å². The lowest BCUT2D eigenvalue weighted by Crippen LogP contribution is -2.74. The monoisotopic (exact) mass is 773 g/mol. The largest absolute Gasteiger partial charge is 0.497 e. The number of amides is 1. The van der Waals surface area contributed by atoms with Crippen LogP contribution >= 0.6 is 0 Å². The Labute approximate surface area is 309 Å². The van der Waals surface area contributed by atoms with Gasteiger partial charge in [0.1, 0.15) is 48.6 Å². The van der Waals surface area contributed by atoms with Crippen LogP contribution in [0.25, 0.3) is 0 Å². The van der Waals surface area contributed by atoms with Gasteiger partial charge in [0, 0.05) is 47.0 Å². The van der Waals surface area contributed by atoms with Gasteiger partial charge in [-0.15, -0.1) is 0 Å². The molecule has 2 aliphatic rings. The topological polar surface area (TPSA) is 278 Å². The van der Waals surface area contributed by atoms with Crippen molar-refractivity contribution in [3.63, 3.8) is 0 Å². The normalized spacial score (nSPS) is 29.6. The van der Waals surface area contributed by atoms with Crippen molar-refractivity contribution in [3.8, 4) is 11.5 Å². The Morgan fingerprint density at radius 3 is 2.00 bits per heavy atom. The maximum absolute atomic E-state index is 14.0. The molecule has 3 rings (SSSR count). The molecule has 2 aliphatic heterocycles. The average molecular weight is 774 g/mol. The molecular weight excluding hydrogens is 726 g/mol. The minimum atomic E-state index is -2.79. The highest BCUT2D eigenvalue weighted by Crippen LogP contribution is 2.43. The zero-order valence-corrected chi connectivity index (χ0v) is 30.7. The molecule has 2 fully saturated rings. The summed E-state index contributed by atoms with van der Waals surface area (Å²) in [6.45, 7) is 3.42. The second-order valence-electron chi connectivity index (χ2n) is 12.6. The van der Waals surface area contributed by atoms with Crippen molar-refractivity contribution in [2.75, 3.05) is 27.4 Å². The van der Waals surface area contributed by atoms with Crippen LogP contribution in [0.15, 0.2) is 24.3 Å². The lowest BCUT2D eigenvalue weighted by atomic mass is 9.72. The predicted octanol–water partition coefficient (Wildman–Crippen LogP) is -1.95. The Morgan fingerprint density at radius 2 is 1.50 bits per heavy atom. The fourth-order valence-electron chi connectivity index (χ4n) is 6.47. The van der Waals surface area contributed by atoms with E-state index in [0.29, 0.717) is 5.75 Å². The molecule has 20 heteroatoms. The molecule has 0 bridgehead atoms. The SMILES string of the molecule is COC(=O)[C@@]1([C@@H](O)[C@H]2[C@@H](O)[C@@H](CO)O[C@@H](Oc3ccc(OC)cc3)[C@@H]2O)C[C@H](OC(C)=O)[C@@H](NC(C)=O)[C@H]([C@H](OC(C)=O)[C@@H](COC(C)=O)OC(C)=O)O1. The first-order valence-corrected chi connectivity index (χ1v) is 16.7. The molecular formula is C34H47NO19. The summed E-state index contributed by atoms with van der Waals surface area (Å²) in [5.74, 6) is -7.20. The van der Waals surface area contributed by atoms with Crippen LogP contribution in [-0.2, 0) is 61.9 Å². The fraction of sp³-hybridized carbons (Fsp3) is 0.647. The Bertz CT molecular complexity index is 1490. The van der Waals surface area contributed by atoms with Gasteiger partial charge in [-0.3, -0.25) is 24.0 Å². The van der Waals surface area contributed by atoms with Gasteiger partial charge in [0.25, 0.3) is 0 Å². The quantitative estimate of drug-likeness (QED) is 0.0957. The molecule has 20 nitrogen and oxygen atoms in total. The highest BCUT2D eigenvalue weighted by molar-refractivity contribution is 5.81. The van der Waals surface area contributed by atoms with Crippen LogP contribution in [0, 0.1) is 5.92 Å². The fourth-order valence-corrected chi connectivity index (χ4v) is 6.47. The Balaban J connectivity index is 2.26. The third-order valence-electron chi connectivity index (χ3n) is 8.68. The van der Waals surface area contributed by atoms with Crippen molar-refractivity contribution in [2.24, 2.45) is 5.92 Å². The lowest BCUT2D eigenvalue weighted by Gasteiger charge is -2.53. The van der Waals surface area contributed by atoms with E-state index >= 15 is 0 Å². The van der Waals surface area contributed by atoms with Crippen molar-refractivity contribution in [1.29, 1.82) is 0 Å². The average Bonchev–Trinajstić information content (AvgIpc) is 3.10. The highest BCUT2D eigenvalue weighted by atomic mass is 16.7. The predicted molar refractivity (Wildman–Crippen MR) is 176 cm³/mol. The van der Waals surface area contributed by atoms with E-state index in [1.54, 1.807) is 0 Å². The number of nitrogens with one attached hydrogen (secondary N) is 1. The van der Waals surface area contributed by atoms with Crippen molar-refractivity contribution in [3.05, 3.63) is 24.3 Å². The van der Waals surface area contributed by atoms with Gasteiger partial charge >= 0.3 is 29.8 Å². The number of rotatable bonds is 15. The summed E-state index contributed by atoms with van der Waals surface area (Å²) in [6, 6.07) is 4.43. The van der Waals surface area contributed by atoms with Crippen LogP contribution in [0.1, 0.15) is 41.0 Å². The summed E-state index contributed by atoms with van der Waals surface area (Å²) in [7, 11) is 2.35. The van der Waals surface area contributed by atoms with Crippen LogP contribution in [0.5, 0.6) is 11.5 Å². The molecule has 54 heavy (non-hydrogen) atoms. The highest BCUT2D eigenvalue weighted by Gasteiger charge is 2.65. The first kappa shape index (κ1) is 43.8. The van der Waals surface area contributed by atoms with Gasteiger partial charge in [0.15, 0.2) is 17.8 Å². The third-order valence-corrected chi connectivity index (χ3v) is 8.68. The zero-order chi connectivity index (χ0) is 40.5. The van der Waals surface area contributed by atoms with Gasteiger partial charge in [-0.25, -0.2) is 4.79 Å². The molecule has 0 aromatic heterocycles. The van der Waals surface area contributed by atoms with E-state index in [4.69, 9.17) is 42.6 Å². The second kappa shape index (κ2) is 19.1. The van der Waals surface area contributed by atoms with E-state index in [0.717, 1.165) is 41.7 Å². The lowest BCUT2D eigenvalue weighted by molar-refractivity contribution is -0.306. The standard InChI is InChI=1S/C34H47NO19/c1-15(37)35-26-22(49-17(3)39)12-34(33(45)47-7,54-30(26)29(51-19(5)41)24(50-18(4)40)14-48-16(2)38)31(44)25-27(42)23(13-36)53-32(28(25)43)52-21-10-8-20(46-6)9-11-21/h8-11,22-32,36,42-44H,12-14H2,1-7H3,(H,35,37)/t22-,23+,24+,25-,26+,27-,28+,29+,30+,31-,32+,34-/m0/s1. The van der Waals surface area contributed by atoms with E-state index in [1.807, 2.05) is 0 Å². The van der Waals surface area contributed by atoms with Crippen molar-refractivity contribution in [1.82, 2.24) is 5.32 Å². The number of hydrogen-bond donors (Lipinski definition) is 5. The summed E-state index contributed by atoms with van der Waals surface area (Å²) in [4.78, 5) is 75.7. The minimum absolute atomic E-state index is 0.124. The maximum atomic E-state index is 14.0. The summed E-state index contributed by atoms with van der Waals surface area (Å²) >= 11 is 0. The molecule has 12 atom stereocenters. The van der Waals surface area contributed by atoms with E-state index in [-0.39, 0.29) is 5.75 Å². The molecule has 1 amide bonds. The van der Waals surface area contributed by atoms with Gasteiger partial charge in [0.2, 0.25) is 12.2 Å². The minimum Gasteiger partial charge on any atom is -0.497 e. The molecule has 0 saturated carbocycles. The number of aliphatic hydroxyl groups excluding tert-OH is 4. The molecule has 0 spiro atoms. The van der Waals surface area contributed by atoms with Crippen LogP contribution in [0.2, 0.25) is 0 Å². The summed E-state index contributed by atoms with van der Waals surface area (Å²) in [5, 5.41) is 48.0. The maximum Gasteiger partial charge on any atom is 0.341 e.